The molecule has 2 heterocycles. The summed E-state index contributed by atoms with van der Waals surface area (Å²) in [6.45, 7) is 4.39. The maximum Gasteiger partial charge on any atom is 0.290 e. The number of carbonyl (C=O) groups is 1. The van der Waals surface area contributed by atoms with Gasteiger partial charge in [0.25, 0.3) is 5.91 Å². The number of rotatable bonds is 3. The minimum Gasteiger partial charge on any atom is -0.508 e. The highest BCUT2D eigenvalue weighted by Crippen LogP contribution is 2.38. The number of fused-ring (bicyclic) bond motifs is 2. The molecular weight excluding hydrogens is 330 g/mol. The second kappa shape index (κ2) is 6.02. The van der Waals surface area contributed by atoms with Crippen LogP contribution in [0.1, 0.15) is 46.6 Å². The molecule has 3 aromatic rings. The van der Waals surface area contributed by atoms with Gasteiger partial charge in [0.2, 0.25) is 5.76 Å². The Hall–Kier alpha value is -3.08. The van der Waals surface area contributed by atoms with Crippen LogP contribution in [0.2, 0.25) is 0 Å². The number of benzene rings is 2. The Morgan fingerprint density at radius 1 is 1.15 bits per heavy atom. The molecule has 0 aliphatic carbocycles. The van der Waals surface area contributed by atoms with Crippen molar-refractivity contribution < 1.29 is 14.3 Å². The molecule has 5 nitrogen and oxygen atoms in total. The van der Waals surface area contributed by atoms with Crippen LogP contribution in [-0.2, 0) is 0 Å². The minimum absolute atomic E-state index is 0.0980. The zero-order chi connectivity index (χ0) is 18.4. The molecule has 0 fully saturated rings. The second-order valence-electron chi connectivity index (χ2n) is 6.67. The molecule has 1 aliphatic rings. The summed E-state index contributed by atoms with van der Waals surface area (Å²) in [6, 6.07) is 11.5. The molecule has 0 saturated heterocycles. The minimum atomic E-state index is -0.550. The van der Waals surface area contributed by atoms with Crippen LogP contribution in [0.5, 0.6) is 5.75 Å². The lowest BCUT2D eigenvalue weighted by Crippen LogP contribution is -2.30. The van der Waals surface area contributed by atoms with Gasteiger partial charge in [0, 0.05) is 6.54 Å². The predicted octanol–water partition coefficient (Wildman–Crippen LogP) is 3.76. The van der Waals surface area contributed by atoms with Crippen LogP contribution in [0.3, 0.4) is 0 Å². The van der Waals surface area contributed by atoms with Crippen molar-refractivity contribution in [2.45, 2.75) is 26.3 Å². The topological polar surface area (TPSA) is 70.8 Å². The third-order valence-electron chi connectivity index (χ3n) is 4.77. The predicted molar refractivity (Wildman–Crippen MR) is 98.5 cm³/mol. The molecule has 1 aliphatic heterocycles. The number of hydrogen-bond donors (Lipinski definition) is 1. The lowest BCUT2D eigenvalue weighted by Gasteiger charge is -2.24. The standard InChI is InChI=1S/C21H19NO4/c1-3-9-22-18(13-5-4-6-14(23)11-13)17-19(24)15-10-12(2)7-8-16(15)26-20(17)21(22)25/h4-8,10-11,18,23H,3,9H2,1-2H3. The molecule has 0 bridgehead atoms. The van der Waals surface area contributed by atoms with Crippen LogP contribution >= 0.6 is 0 Å². The van der Waals surface area contributed by atoms with E-state index in [4.69, 9.17) is 4.42 Å². The summed E-state index contributed by atoms with van der Waals surface area (Å²) in [5.74, 6) is -0.0798. The van der Waals surface area contributed by atoms with Crippen molar-refractivity contribution >= 4 is 16.9 Å². The Labute approximate surface area is 150 Å². The highest BCUT2D eigenvalue weighted by atomic mass is 16.3. The van der Waals surface area contributed by atoms with Crippen LogP contribution in [0.4, 0.5) is 0 Å². The smallest absolute Gasteiger partial charge is 0.290 e. The van der Waals surface area contributed by atoms with E-state index in [1.54, 1.807) is 35.2 Å². The summed E-state index contributed by atoms with van der Waals surface area (Å²) >= 11 is 0. The van der Waals surface area contributed by atoms with Gasteiger partial charge in [-0.25, -0.2) is 0 Å². The van der Waals surface area contributed by atoms with Crippen molar-refractivity contribution in [1.29, 1.82) is 0 Å². The van der Waals surface area contributed by atoms with E-state index in [0.29, 0.717) is 28.6 Å². The fourth-order valence-electron chi connectivity index (χ4n) is 3.65. The normalized spacial score (nSPS) is 16.3. The van der Waals surface area contributed by atoms with Gasteiger partial charge in [-0.2, -0.15) is 0 Å². The molecule has 5 heteroatoms. The quantitative estimate of drug-likeness (QED) is 0.781. The molecule has 0 saturated carbocycles. The van der Waals surface area contributed by atoms with E-state index >= 15 is 0 Å². The maximum atomic E-state index is 13.2. The summed E-state index contributed by atoms with van der Waals surface area (Å²) in [6.07, 6.45) is 0.752. The zero-order valence-corrected chi connectivity index (χ0v) is 14.7. The molecule has 0 spiro atoms. The van der Waals surface area contributed by atoms with Gasteiger partial charge in [-0.15, -0.1) is 0 Å². The Morgan fingerprint density at radius 3 is 2.69 bits per heavy atom. The summed E-state index contributed by atoms with van der Waals surface area (Å²) in [7, 11) is 0. The molecule has 1 unspecified atom stereocenters. The molecule has 1 aromatic heterocycles. The van der Waals surface area contributed by atoms with Crippen LogP contribution in [-0.4, -0.2) is 22.5 Å². The Balaban J connectivity index is 2.03. The first kappa shape index (κ1) is 16.4. The van der Waals surface area contributed by atoms with E-state index in [0.717, 1.165) is 12.0 Å². The Bertz CT molecular complexity index is 1080. The van der Waals surface area contributed by atoms with Crippen molar-refractivity contribution in [1.82, 2.24) is 4.90 Å². The van der Waals surface area contributed by atoms with Crippen molar-refractivity contribution in [3.05, 3.63) is 75.1 Å². The monoisotopic (exact) mass is 349 g/mol. The largest absolute Gasteiger partial charge is 0.508 e. The van der Waals surface area contributed by atoms with Gasteiger partial charge in [-0.3, -0.25) is 9.59 Å². The van der Waals surface area contributed by atoms with Crippen LogP contribution < -0.4 is 5.43 Å². The summed E-state index contributed by atoms with van der Waals surface area (Å²) < 4.78 is 5.86. The lowest BCUT2D eigenvalue weighted by molar-refractivity contribution is 0.0728. The lowest BCUT2D eigenvalue weighted by atomic mass is 9.98. The zero-order valence-electron chi connectivity index (χ0n) is 14.7. The van der Waals surface area contributed by atoms with E-state index in [9.17, 15) is 14.7 Å². The summed E-state index contributed by atoms with van der Waals surface area (Å²) in [5, 5.41) is 10.3. The van der Waals surface area contributed by atoms with Crippen molar-refractivity contribution in [2.75, 3.05) is 6.54 Å². The highest BCUT2D eigenvalue weighted by molar-refractivity contribution is 5.99. The van der Waals surface area contributed by atoms with Gasteiger partial charge in [-0.05, 0) is 43.2 Å². The Morgan fingerprint density at radius 2 is 1.96 bits per heavy atom. The number of phenolic OH excluding ortho intramolecular Hbond substituents is 1. The van der Waals surface area contributed by atoms with E-state index in [1.807, 2.05) is 26.0 Å². The number of aromatic hydroxyl groups is 1. The number of phenols is 1. The molecule has 0 radical (unpaired) electrons. The van der Waals surface area contributed by atoms with Gasteiger partial charge < -0.3 is 14.4 Å². The highest BCUT2D eigenvalue weighted by Gasteiger charge is 2.42. The molecule has 4 rings (SSSR count). The molecular formula is C21H19NO4. The number of aryl methyl sites for hydroxylation is 1. The fourth-order valence-corrected chi connectivity index (χ4v) is 3.65. The molecule has 2 aromatic carbocycles. The van der Waals surface area contributed by atoms with E-state index in [2.05, 4.69) is 0 Å². The van der Waals surface area contributed by atoms with Crippen LogP contribution in [0, 0.1) is 6.92 Å². The van der Waals surface area contributed by atoms with Crippen LogP contribution in [0.15, 0.2) is 51.7 Å². The molecule has 1 atom stereocenters. The number of nitrogens with zero attached hydrogens (tertiary/aromatic N) is 1. The van der Waals surface area contributed by atoms with E-state index in [-0.39, 0.29) is 22.8 Å². The van der Waals surface area contributed by atoms with Gasteiger partial charge >= 0.3 is 0 Å². The third kappa shape index (κ3) is 2.39. The van der Waals surface area contributed by atoms with Crippen molar-refractivity contribution in [2.24, 2.45) is 0 Å². The fraction of sp³-hybridized carbons (Fsp3) is 0.238. The average Bonchev–Trinajstić information content (AvgIpc) is 2.89. The molecule has 26 heavy (non-hydrogen) atoms. The Kier molecular flexibility index (Phi) is 3.80. The summed E-state index contributed by atoms with van der Waals surface area (Å²) in [5.41, 5.74) is 2.23. The third-order valence-corrected chi connectivity index (χ3v) is 4.77. The van der Waals surface area contributed by atoms with Gasteiger partial charge in [-0.1, -0.05) is 30.7 Å². The van der Waals surface area contributed by atoms with Gasteiger partial charge in [0.1, 0.15) is 11.3 Å². The number of carbonyl (C=O) groups excluding carboxylic acids is 1. The maximum absolute atomic E-state index is 13.2. The number of amides is 1. The van der Waals surface area contributed by atoms with Crippen molar-refractivity contribution in [3.8, 4) is 5.75 Å². The molecule has 132 valence electrons. The van der Waals surface area contributed by atoms with Crippen LogP contribution in [0.25, 0.3) is 11.0 Å². The summed E-state index contributed by atoms with van der Waals surface area (Å²) in [4.78, 5) is 27.8. The average molecular weight is 349 g/mol. The van der Waals surface area contributed by atoms with Gasteiger partial charge in [0.15, 0.2) is 5.43 Å². The molecule has 1 N–H and O–H groups in total. The van der Waals surface area contributed by atoms with E-state index < -0.39 is 6.04 Å². The molecule has 1 amide bonds. The first-order valence-corrected chi connectivity index (χ1v) is 8.68. The second-order valence-corrected chi connectivity index (χ2v) is 6.67. The first-order valence-electron chi connectivity index (χ1n) is 8.68. The SMILES string of the molecule is CCCN1C(=O)c2oc3ccc(C)cc3c(=O)c2C1c1cccc(O)c1. The number of hydrogen-bond acceptors (Lipinski definition) is 4. The first-order chi connectivity index (χ1) is 12.5. The van der Waals surface area contributed by atoms with Crippen molar-refractivity contribution in [3.63, 3.8) is 0 Å². The van der Waals surface area contributed by atoms with Gasteiger partial charge in [0.05, 0.1) is 17.0 Å². The van der Waals surface area contributed by atoms with E-state index in [1.165, 1.54) is 0 Å².